The van der Waals surface area contributed by atoms with Crippen molar-refractivity contribution in [3.05, 3.63) is 64.1 Å². The molecular formula is C22H26N4O3. The van der Waals surface area contributed by atoms with E-state index in [1.165, 1.54) is 0 Å². The number of carbonyl (C=O) groups is 2. The molecule has 2 N–H and O–H groups in total. The van der Waals surface area contributed by atoms with Crippen molar-refractivity contribution in [2.45, 2.75) is 38.8 Å². The molecule has 2 atom stereocenters. The van der Waals surface area contributed by atoms with Crippen LogP contribution in [-0.4, -0.2) is 40.5 Å². The van der Waals surface area contributed by atoms with Crippen LogP contribution in [0.4, 0.5) is 10.5 Å². The van der Waals surface area contributed by atoms with Crippen molar-refractivity contribution in [1.82, 2.24) is 14.8 Å². The van der Waals surface area contributed by atoms with E-state index in [9.17, 15) is 14.4 Å². The first-order valence-electron chi connectivity index (χ1n) is 10.1. The largest absolute Gasteiger partial charge is 0.350 e. The summed E-state index contributed by atoms with van der Waals surface area (Å²) in [7, 11) is 0. The number of hydrogen-bond acceptors (Lipinski definition) is 3. The van der Waals surface area contributed by atoms with Crippen LogP contribution >= 0.6 is 0 Å². The van der Waals surface area contributed by atoms with Gasteiger partial charge in [-0.25, -0.2) is 4.79 Å². The minimum Gasteiger partial charge on any atom is -0.350 e. The van der Waals surface area contributed by atoms with Crippen molar-refractivity contribution in [2.24, 2.45) is 5.92 Å². The molecule has 0 radical (unpaired) electrons. The number of fused-ring (bicyclic) bond motifs is 4. The molecule has 4 rings (SSSR count). The van der Waals surface area contributed by atoms with Crippen molar-refractivity contribution in [3.8, 4) is 0 Å². The number of piperidine rings is 1. The van der Waals surface area contributed by atoms with Gasteiger partial charge in [-0.3, -0.25) is 9.59 Å². The lowest BCUT2D eigenvalue weighted by Crippen LogP contribution is -2.50. The number of anilines is 1. The van der Waals surface area contributed by atoms with Crippen molar-refractivity contribution in [1.29, 1.82) is 0 Å². The minimum atomic E-state index is -0.212. The third-order valence-electron chi connectivity index (χ3n) is 5.60. The zero-order valence-electron chi connectivity index (χ0n) is 16.7. The summed E-state index contributed by atoms with van der Waals surface area (Å²) in [6, 6.07) is 12.2. The van der Waals surface area contributed by atoms with Gasteiger partial charge in [0.05, 0.1) is 11.3 Å². The Morgan fingerprint density at radius 3 is 2.62 bits per heavy atom. The Morgan fingerprint density at radius 1 is 1.03 bits per heavy atom. The normalized spacial score (nSPS) is 20.2. The van der Waals surface area contributed by atoms with Gasteiger partial charge in [0, 0.05) is 43.4 Å². The summed E-state index contributed by atoms with van der Waals surface area (Å²) in [4.78, 5) is 39.4. The van der Waals surface area contributed by atoms with Crippen LogP contribution in [0.25, 0.3) is 0 Å². The highest BCUT2D eigenvalue weighted by Gasteiger charge is 2.36. The Bertz CT molecular complexity index is 998. The molecule has 3 heterocycles. The van der Waals surface area contributed by atoms with E-state index in [2.05, 4.69) is 10.6 Å². The van der Waals surface area contributed by atoms with Gasteiger partial charge in [-0.05, 0) is 44.4 Å². The summed E-state index contributed by atoms with van der Waals surface area (Å²) in [6.07, 6.45) is 0.987. The van der Waals surface area contributed by atoms with E-state index in [4.69, 9.17) is 0 Å². The molecule has 0 saturated carbocycles. The van der Waals surface area contributed by atoms with Crippen LogP contribution in [0.15, 0.2) is 47.3 Å². The number of para-hydroxylation sites is 1. The van der Waals surface area contributed by atoms with Gasteiger partial charge in [0.15, 0.2) is 0 Å². The van der Waals surface area contributed by atoms with Crippen molar-refractivity contribution in [2.75, 3.05) is 18.4 Å². The maximum atomic E-state index is 13.0. The molecular weight excluding hydrogens is 368 g/mol. The second-order valence-electron chi connectivity index (χ2n) is 8.21. The first-order valence-corrected chi connectivity index (χ1v) is 10.1. The maximum absolute atomic E-state index is 13.0. The van der Waals surface area contributed by atoms with E-state index in [0.717, 1.165) is 12.1 Å². The van der Waals surface area contributed by atoms with Gasteiger partial charge in [0.25, 0.3) is 11.5 Å². The van der Waals surface area contributed by atoms with Crippen LogP contribution < -0.4 is 16.2 Å². The van der Waals surface area contributed by atoms with Crippen LogP contribution in [0.2, 0.25) is 0 Å². The highest BCUT2D eigenvalue weighted by Crippen LogP contribution is 2.35. The Hall–Kier alpha value is -3.09. The molecule has 1 saturated heterocycles. The molecule has 1 aromatic carbocycles. The number of nitrogens with zero attached hydrogens (tertiary/aromatic N) is 2. The molecule has 2 aliphatic heterocycles. The molecule has 0 aliphatic carbocycles. The Balaban J connectivity index is 1.51. The number of benzene rings is 1. The van der Waals surface area contributed by atoms with Crippen LogP contribution in [-0.2, 0) is 6.54 Å². The number of urea groups is 1. The lowest BCUT2D eigenvalue weighted by Gasteiger charge is -2.42. The Kier molecular flexibility index (Phi) is 5.13. The minimum absolute atomic E-state index is 0.0104. The van der Waals surface area contributed by atoms with E-state index in [-0.39, 0.29) is 35.4 Å². The number of hydrogen-bond donors (Lipinski definition) is 2. The topological polar surface area (TPSA) is 83.4 Å². The average molecular weight is 394 g/mol. The second-order valence-corrected chi connectivity index (χ2v) is 8.21. The van der Waals surface area contributed by atoms with Crippen molar-refractivity contribution >= 4 is 17.6 Å². The first-order chi connectivity index (χ1) is 13.9. The van der Waals surface area contributed by atoms with E-state index < -0.39 is 0 Å². The van der Waals surface area contributed by atoms with Crippen LogP contribution in [0.3, 0.4) is 0 Å². The number of nitrogens with one attached hydrogen (secondary N) is 2. The lowest BCUT2D eigenvalue weighted by atomic mass is 9.83. The fourth-order valence-corrected chi connectivity index (χ4v) is 4.39. The molecule has 0 unspecified atom stereocenters. The van der Waals surface area contributed by atoms with E-state index in [1.54, 1.807) is 41.3 Å². The standard InChI is InChI=1S/C22H26N4O3/c1-14(2)23-21(28)17-6-3-4-7-18(17)24-22(29)25-11-15-10-16(13-25)19-8-5-9-20(27)26(19)12-15/h3-9,14-16H,10-13H2,1-2H3,(H,23,28)(H,24,29)/t15-,16+/m0/s1. The number of amides is 3. The predicted molar refractivity (Wildman–Crippen MR) is 111 cm³/mol. The Morgan fingerprint density at radius 2 is 1.83 bits per heavy atom. The molecule has 7 heteroatoms. The predicted octanol–water partition coefficient (Wildman–Crippen LogP) is 2.64. The monoisotopic (exact) mass is 394 g/mol. The third kappa shape index (κ3) is 3.90. The zero-order valence-corrected chi connectivity index (χ0v) is 16.7. The summed E-state index contributed by atoms with van der Waals surface area (Å²) in [5, 5.41) is 5.78. The quantitative estimate of drug-likeness (QED) is 0.839. The van der Waals surface area contributed by atoms with Crippen LogP contribution in [0, 0.1) is 5.92 Å². The van der Waals surface area contributed by atoms with Gasteiger partial charge in [-0.2, -0.15) is 0 Å². The second kappa shape index (κ2) is 7.73. The highest BCUT2D eigenvalue weighted by molar-refractivity contribution is 6.03. The molecule has 3 amide bonds. The fraction of sp³-hybridized carbons (Fsp3) is 0.409. The van der Waals surface area contributed by atoms with E-state index in [0.29, 0.717) is 30.9 Å². The third-order valence-corrected chi connectivity index (χ3v) is 5.60. The van der Waals surface area contributed by atoms with Gasteiger partial charge in [-0.15, -0.1) is 0 Å². The van der Waals surface area contributed by atoms with E-state index in [1.807, 2.05) is 24.5 Å². The lowest BCUT2D eigenvalue weighted by molar-refractivity contribution is 0.0944. The molecule has 29 heavy (non-hydrogen) atoms. The number of rotatable bonds is 3. The number of carbonyl (C=O) groups excluding carboxylic acids is 2. The summed E-state index contributed by atoms with van der Waals surface area (Å²) < 4.78 is 1.85. The summed E-state index contributed by atoms with van der Waals surface area (Å²) in [6.45, 7) is 5.60. The average Bonchev–Trinajstić information content (AvgIpc) is 2.68. The summed E-state index contributed by atoms with van der Waals surface area (Å²) in [5.74, 6) is 0.202. The molecule has 2 bridgehead atoms. The number of pyridine rings is 1. The number of aromatic nitrogens is 1. The number of likely N-dealkylation sites (tertiary alicyclic amines) is 1. The molecule has 1 aromatic heterocycles. The molecule has 2 aromatic rings. The highest BCUT2D eigenvalue weighted by atomic mass is 16.2. The fourth-order valence-electron chi connectivity index (χ4n) is 4.39. The van der Waals surface area contributed by atoms with Gasteiger partial charge in [0.1, 0.15) is 0 Å². The van der Waals surface area contributed by atoms with Gasteiger partial charge in [0.2, 0.25) is 0 Å². The molecule has 152 valence electrons. The van der Waals surface area contributed by atoms with Gasteiger partial charge < -0.3 is 20.1 Å². The van der Waals surface area contributed by atoms with Gasteiger partial charge in [-0.1, -0.05) is 18.2 Å². The summed E-state index contributed by atoms with van der Waals surface area (Å²) in [5.41, 5.74) is 1.98. The van der Waals surface area contributed by atoms with Crippen LogP contribution in [0.5, 0.6) is 0 Å². The maximum Gasteiger partial charge on any atom is 0.321 e. The molecule has 0 spiro atoms. The molecule has 1 fully saturated rings. The van der Waals surface area contributed by atoms with Crippen LogP contribution in [0.1, 0.15) is 42.2 Å². The SMILES string of the molecule is CC(C)NC(=O)c1ccccc1NC(=O)N1C[C@@H]2C[C@H](C1)c1cccc(=O)n1C2. The van der Waals surface area contributed by atoms with Crippen molar-refractivity contribution in [3.63, 3.8) is 0 Å². The molecule has 2 aliphatic rings. The molecule has 7 nitrogen and oxygen atoms in total. The Labute approximate surface area is 169 Å². The van der Waals surface area contributed by atoms with Crippen molar-refractivity contribution < 1.29 is 9.59 Å². The zero-order chi connectivity index (χ0) is 20.5. The smallest absolute Gasteiger partial charge is 0.321 e. The van der Waals surface area contributed by atoms with E-state index >= 15 is 0 Å². The van der Waals surface area contributed by atoms with Gasteiger partial charge >= 0.3 is 6.03 Å². The summed E-state index contributed by atoms with van der Waals surface area (Å²) >= 11 is 0. The first kappa shape index (κ1) is 19.2.